The van der Waals surface area contributed by atoms with Crippen molar-refractivity contribution in [2.24, 2.45) is 0 Å². The third kappa shape index (κ3) is 3.41. The number of hydrogen-bond donors (Lipinski definition) is 2. The number of aliphatic hydroxyl groups excluding tert-OH is 1. The van der Waals surface area contributed by atoms with Gasteiger partial charge >= 0.3 is 97.6 Å². The van der Waals surface area contributed by atoms with Gasteiger partial charge in [0.25, 0.3) is 0 Å². The van der Waals surface area contributed by atoms with Crippen LogP contribution in [0.15, 0.2) is 24.3 Å². The molecule has 0 saturated heterocycles. The molecule has 1 aromatic rings. The fourth-order valence-corrected chi connectivity index (χ4v) is 4.81. The van der Waals surface area contributed by atoms with Gasteiger partial charge < -0.3 is 0 Å². The maximum atomic E-state index is 12.0. The summed E-state index contributed by atoms with van der Waals surface area (Å²) in [5.74, 6) is 0.648. The number of ether oxygens (including phenoxy) is 1. The van der Waals surface area contributed by atoms with E-state index in [9.17, 15) is 12.9 Å². The molecule has 0 aromatic heterocycles. The number of hydrogen-bond acceptors (Lipinski definition) is 3. The molecule has 0 aliphatic carbocycles. The van der Waals surface area contributed by atoms with Gasteiger partial charge in [-0.05, 0) is 0 Å². The molecule has 2 atom stereocenters. The second-order valence-electron chi connectivity index (χ2n) is 3.64. The monoisotopic (exact) mass is 288 g/mol. The first-order valence-electron chi connectivity index (χ1n) is 5.14. The Labute approximate surface area is 97.9 Å². The molecule has 4 nitrogen and oxygen atoms in total. The molecule has 0 heterocycles. The molecule has 2 unspecified atom stereocenters. The van der Waals surface area contributed by atoms with E-state index in [4.69, 9.17) is 4.74 Å². The fourth-order valence-electron chi connectivity index (χ4n) is 1.34. The van der Waals surface area contributed by atoms with Crippen molar-refractivity contribution in [1.82, 2.24) is 0 Å². The molecule has 0 radical (unpaired) electrons. The molecule has 2 N–H and O–H groups in total. The van der Waals surface area contributed by atoms with Crippen LogP contribution < -0.4 is 9.09 Å². The average Bonchev–Trinajstić information content (AvgIpc) is 2.28. The van der Waals surface area contributed by atoms with E-state index in [1.165, 1.54) is 0 Å². The second kappa shape index (κ2) is 5.57. The molecular formula is C11H17AsO4. The van der Waals surface area contributed by atoms with Crippen LogP contribution in [0.5, 0.6) is 5.75 Å². The summed E-state index contributed by atoms with van der Waals surface area (Å²) in [4.78, 5) is 0. The van der Waals surface area contributed by atoms with E-state index in [0.717, 1.165) is 0 Å². The van der Waals surface area contributed by atoms with E-state index in [1.54, 1.807) is 38.3 Å². The van der Waals surface area contributed by atoms with Crippen molar-refractivity contribution in [2.75, 3.05) is 7.11 Å². The minimum atomic E-state index is -4.11. The molecule has 0 bridgehead atoms. The summed E-state index contributed by atoms with van der Waals surface area (Å²) in [7, 11) is 1.54. The van der Waals surface area contributed by atoms with Crippen LogP contribution in [0.25, 0.3) is 0 Å². The third-order valence-electron chi connectivity index (χ3n) is 2.41. The Kier molecular flexibility index (Phi) is 4.66. The average molecular weight is 288 g/mol. The molecule has 16 heavy (non-hydrogen) atoms. The zero-order valence-electron chi connectivity index (χ0n) is 9.46. The van der Waals surface area contributed by atoms with Gasteiger partial charge in [0, 0.05) is 0 Å². The zero-order valence-corrected chi connectivity index (χ0v) is 11.3. The topological polar surface area (TPSA) is 66.8 Å². The van der Waals surface area contributed by atoms with Crippen molar-refractivity contribution in [2.45, 2.75) is 24.7 Å². The second-order valence-corrected chi connectivity index (χ2v) is 8.44. The van der Waals surface area contributed by atoms with Gasteiger partial charge in [-0.15, -0.1) is 0 Å². The van der Waals surface area contributed by atoms with E-state index in [1.807, 2.05) is 0 Å². The van der Waals surface area contributed by atoms with E-state index < -0.39 is 19.9 Å². The number of rotatable bonds is 5. The van der Waals surface area contributed by atoms with Gasteiger partial charge in [0.1, 0.15) is 0 Å². The van der Waals surface area contributed by atoms with Crippen molar-refractivity contribution in [1.29, 1.82) is 0 Å². The molecule has 0 aliphatic rings. The van der Waals surface area contributed by atoms with Crippen LogP contribution in [-0.4, -0.2) is 36.2 Å². The molecule has 5 heteroatoms. The van der Waals surface area contributed by atoms with Gasteiger partial charge in [-0.3, -0.25) is 0 Å². The van der Waals surface area contributed by atoms with Crippen LogP contribution in [0, 0.1) is 0 Å². The normalized spacial score (nSPS) is 16.5. The number of benzene rings is 1. The molecule has 0 saturated carbocycles. The molecule has 0 fully saturated rings. The molecule has 0 amide bonds. The quantitative estimate of drug-likeness (QED) is 0.776. The van der Waals surface area contributed by atoms with Gasteiger partial charge in [-0.2, -0.15) is 0 Å². The maximum absolute atomic E-state index is 12.0. The standard InChI is InChI=1S/C11H17AsO4/c1-3-10(13)8-12(14,15)9-4-6-11(16-2)7-5-9/h4-7,10,13H,3,8H2,1-2H3,(H,14,15). The van der Waals surface area contributed by atoms with Crippen LogP contribution >= 0.6 is 0 Å². The first kappa shape index (κ1) is 13.4. The predicted molar refractivity (Wildman–Crippen MR) is 62.4 cm³/mol. The Balaban J connectivity index is 2.85. The Morgan fingerprint density at radius 1 is 1.38 bits per heavy atom. The van der Waals surface area contributed by atoms with Crippen LogP contribution in [0.1, 0.15) is 13.3 Å². The Morgan fingerprint density at radius 3 is 2.38 bits per heavy atom. The number of methoxy groups -OCH3 is 1. The molecule has 90 valence electrons. The van der Waals surface area contributed by atoms with E-state index in [-0.39, 0.29) is 5.21 Å². The van der Waals surface area contributed by atoms with Crippen molar-refractivity contribution in [3.8, 4) is 5.75 Å². The number of aliphatic hydroxyl groups is 1. The predicted octanol–water partition coefficient (Wildman–Crippen LogP) is 0.538. The zero-order chi connectivity index (χ0) is 12.2. The summed E-state index contributed by atoms with van der Waals surface area (Å²) in [6.07, 6.45) is -0.223. The van der Waals surface area contributed by atoms with Crippen molar-refractivity contribution in [3.63, 3.8) is 0 Å². The molecule has 1 rings (SSSR count). The summed E-state index contributed by atoms with van der Waals surface area (Å²) in [6.45, 7) is 1.79. The SMILES string of the molecule is CCC(O)C[As](=O)(O)c1ccc(OC)cc1. The van der Waals surface area contributed by atoms with E-state index in [0.29, 0.717) is 16.5 Å². The first-order chi connectivity index (χ1) is 7.49. The third-order valence-corrected chi connectivity index (χ3v) is 6.65. The Morgan fingerprint density at radius 2 is 1.94 bits per heavy atom. The molecule has 1 aromatic carbocycles. The van der Waals surface area contributed by atoms with Gasteiger partial charge in [0.05, 0.1) is 0 Å². The molecule has 0 spiro atoms. The fraction of sp³-hybridized carbons (Fsp3) is 0.455. The Bertz CT molecular complexity index is 374. The summed E-state index contributed by atoms with van der Waals surface area (Å²) >= 11 is -4.11. The summed E-state index contributed by atoms with van der Waals surface area (Å²) < 4.78 is 27.2. The van der Waals surface area contributed by atoms with Crippen LogP contribution in [0.4, 0.5) is 0 Å². The van der Waals surface area contributed by atoms with Crippen molar-refractivity contribution in [3.05, 3.63) is 24.3 Å². The summed E-state index contributed by atoms with van der Waals surface area (Å²) in [5, 5.41) is 9.37. The van der Waals surface area contributed by atoms with E-state index in [2.05, 4.69) is 0 Å². The van der Waals surface area contributed by atoms with Gasteiger partial charge in [0.15, 0.2) is 0 Å². The van der Waals surface area contributed by atoms with Crippen LogP contribution in [0.2, 0.25) is 5.21 Å². The van der Waals surface area contributed by atoms with Crippen LogP contribution in [-0.2, 0) is 3.74 Å². The summed E-state index contributed by atoms with van der Waals surface area (Å²) in [6, 6.07) is 6.47. The summed E-state index contributed by atoms with van der Waals surface area (Å²) in [5.41, 5.74) is 0. The Hall–Kier alpha value is -0.702. The first-order valence-corrected chi connectivity index (χ1v) is 9.01. The van der Waals surface area contributed by atoms with Gasteiger partial charge in [-0.25, -0.2) is 0 Å². The van der Waals surface area contributed by atoms with E-state index >= 15 is 0 Å². The van der Waals surface area contributed by atoms with Crippen LogP contribution in [0.3, 0.4) is 0 Å². The van der Waals surface area contributed by atoms with Crippen molar-refractivity contribution >= 4 is 18.2 Å². The van der Waals surface area contributed by atoms with Crippen molar-refractivity contribution < 1.29 is 17.7 Å². The molecule has 0 aliphatic heterocycles. The molecular weight excluding hydrogens is 271 g/mol. The van der Waals surface area contributed by atoms with Gasteiger partial charge in [-0.1, -0.05) is 0 Å². The minimum absolute atomic E-state index is 0.0406. The van der Waals surface area contributed by atoms with Gasteiger partial charge in [0.2, 0.25) is 0 Å².